The second kappa shape index (κ2) is 6.59. The molecule has 0 radical (unpaired) electrons. The van der Waals surface area contributed by atoms with Crippen LogP contribution in [0.5, 0.6) is 0 Å². The first-order valence-electron chi connectivity index (χ1n) is 6.25. The van der Waals surface area contributed by atoms with Gasteiger partial charge in [-0.1, -0.05) is 6.42 Å². The van der Waals surface area contributed by atoms with Crippen LogP contribution in [0.3, 0.4) is 0 Å². The molecule has 0 saturated heterocycles. The van der Waals surface area contributed by atoms with Crippen molar-refractivity contribution in [1.29, 1.82) is 5.41 Å². The SMILES string of the molecule is CC1(NCCCCCC(=N)OC(=O)O)CCC1. The molecule has 0 atom stereocenters. The number of carbonyl (C=O) groups is 1. The summed E-state index contributed by atoms with van der Waals surface area (Å²) in [6.07, 6.45) is 5.74. The molecule has 1 aliphatic rings. The van der Waals surface area contributed by atoms with E-state index in [9.17, 15) is 4.79 Å². The molecule has 0 bridgehead atoms. The predicted octanol–water partition coefficient (Wildman–Crippen LogP) is 2.75. The third-order valence-corrected chi connectivity index (χ3v) is 3.30. The number of unbranched alkanes of at least 4 members (excludes halogenated alkanes) is 2. The van der Waals surface area contributed by atoms with Crippen LogP contribution in [-0.2, 0) is 4.74 Å². The average Bonchev–Trinajstić information content (AvgIpc) is 2.19. The van der Waals surface area contributed by atoms with E-state index in [2.05, 4.69) is 17.0 Å². The van der Waals surface area contributed by atoms with E-state index in [1.54, 1.807) is 0 Å². The maximum atomic E-state index is 10.1. The molecular weight excluding hydrogens is 220 g/mol. The zero-order valence-electron chi connectivity index (χ0n) is 10.4. The lowest BCUT2D eigenvalue weighted by molar-refractivity contribution is 0.138. The molecule has 17 heavy (non-hydrogen) atoms. The fourth-order valence-electron chi connectivity index (χ4n) is 2.02. The van der Waals surface area contributed by atoms with Crippen LogP contribution in [0.15, 0.2) is 0 Å². The quantitative estimate of drug-likeness (QED) is 0.277. The lowest BCUT2D eigenvalue weighted by Gasteiger charge is -2.39. The van der Waals surface area contributed by atoms with E-state index >= 15 is 0 Å². The van der Waals surface area contributed by atoms with Crippen LogP contribution in [0.2, 0.25) is 0 Å². The van der Waals surface area contributed by atoms with Gasteiger partial charge < -0.3 is 15.2 Å². The monoisotopic (exact) mass is 242 g/mol. The Morgan fingerprint density at radius 3 is 2.65 bits per heavy atom. The molecule has 98 valence electrons. The fourth-order valence-corrected chi connectivity index (χ4v) is 2.02. The highest BCUT2D eigenvalue weighted by molar-refractivity contribution is 5.82. The summed E-state index contributed by atoms with van der Waals surface area (Å²) in [6, 6.07) is 0. The Labute approximate surface area is 102 Å². The van der Waals surface area contributed by atoms with Crippen LogP contribution in [0, 0.1) is 5.41 Å². The summed E-state index contributed by atoms with van der Waals surface area (Å²) in [5.74, 6) is -0.156. The van der Waals surface area contributed by atoms with Gasteiger partial charge in [0.25, 0.3) is 0 Å². The van der Waals surface area contributed by atoms with E-state index < -0.39 is 6.16 Å². The van der Waals surface area contributed by atoms with Gasteiger partial charge in [0.1, 0.15) is 0 Å². The van der Waals surface area contributed by atoms with Gasteiger partial charge in [0, 0.05) is 12.0 Å². The van der Waals surface area contributed by atoms with Crippen molar-refractivity contribution in [2.45, 2.75) is 57.4 Å². The minimum atomic E-state index is -1.39. The Hall–Kier alpha value is -1.10. The van der Waals surface area contributed by atoms with Crippen LogP contribution in [-0.4, -0.2) is 29.2 Å². The van der Waals surface area contributed by atoms with Crippen molar-refractivity contribution < 1.29 is 14.6 Å². The Morgan fingerprint density at radius 1 is 1.41 bits per heavy atom. The van der Waals surface area contributed by atoms with Crippen LogP contribution in [0.25, 0.3) is 0 Å². The molecule has 0 aromatic carbocycles. The van der Waals surface area contributed by atoms with Crippen molar-refractivity contribution in [3.63, 3.8) is 0 Å². The standard InChI is InChI=1S/C12H22N2O3/c1-12(7-5-8-12)14-9-4-2-3-6-10(13)17-11(15)16/h13-14H,2-9H2,1H3,(H,15,16). The smallest absolute Gasteiger partial charge is 0.449 e. The topological polar surface area (TPSA) is 82.4 Å². The zero-order valence-corrected chi connectivity index (χ0v) is 10.4. The Bertz CT molecular complexity index is 275. The molecule has 5 heteroatoms. The molecule has 1 aliphatic carbocycles. The molecule has 1 saturated carbocycles. The second-order valence-electron chi connectivity index (χ2n) is 4.94. The minimum absolute atomic E-state index is 0.156. The summed E-state index contributed by atoms with van der Waals surface area (Å²) >= 11 is 0. The van der Waals surface area contributed by atoms with Crippen LogP contribution >= 0.6 is 0 Å². The lowest BCUT2D eigenvalue weighted by atomic mass is 9.78. The summed E-state index contributed by atoms with van der Waals surface area (Å²) in [6.45, 7) is 3.26. The summed E-state index contributed by atoms with van der Waals surface area (Å²) in [4.78, 5) is 10.1. The number of nitrogens with one attached hydrogen (secondary N) is 2. The molecule has 0 heterocycles. The third kappa shape index (κ3) is 5.68. The molecule has 0 aliphatic heterocycles. The van der Waals surface area contributed by atoms with E-state index in [0.717, 1.165) is 25.8 Å². The largest absolute Gasteiger partial charge is 0.512 e. The molecule has 1 fully saturated rings. The highest BCUT2D eigenvalue weighted by Crippen LogP contribution is 2.30. The summed E-state index contributed by atoms with van der Waals surface area (Å²) in [5, 5.41) is 19.0. The number of carboxylic acid groups (broad SMARTS) is 1. The van der Waals surface area contributed by atoms with Crippen LogP contribution < -0.4 is 5.32 Å². The van der Waals surface area contributed by atoms with Gasteiger partial charge in [-0.25, -0.2) is 4.79 Å². The third-order valence-electron chi connectivity index (χ3n) is 3.30. The van der Waals surface area contributed by atoms with Crippen molar-refractivity contribution >= 4 is 12.1 Å². The first-order chi connectivity index (χ1) is 8.02. The second-order valence-corrected chi connectivity index (χ2v) is 4.94. The van der Waals surface area contributed by atoms with E-state index in [1.165, 1.54) is 19.3 Å². The summed E-state index contributed by atoms with van der Waals surface area (Å²) < 4.78 is 4.22. The van der Waals surface area contributed by atoms with Crippen molar-refractivity contribution in [3.8, 4) is 0 Å². The van der Waals surface area contributed by atoms with Gasteiger partial charge in [0.15, 0.2) is 5.90 Å². The molecule has 0 aromatic heterocycles. The molecule has 3 N–H and O–H groups in total. The van der Waals surface area contributed by atoms with Gasteiger partial charge in [-0.05, 0) is 45.6 Å². The van der Waals surface area contributed by atoms with Crippen LogP contribution in [0.1, 0.15) is 51.9 Å². The fraction of sp³-hybridized carbons (Fsp3) is 0.833. The van der Waals surface area contributed by atoms with Crippen molar-refractivity contribution in [3.05, 3.63) is 0 Å². The van der Waals surface area contributed by atoms with Gasteiger partial charge in [-0.3, -0.25) is 5.41 Å². The Kier molecular flexibility index (Phi) is 5.41. The van der Waals surface area contributed by atoms with Gasteiger partial charge in [-0.15, -0.1) is 0 Å². The highest BCUT2D eigenvalue weighted by atomic mass is 16.7. The first-order valence-corrected chi connectivity index (χ1v) is 6.25. The molecule has 0 aromatic rings. The van der Waals surface area contributed by atoms with E-state index in [4.69, 9.17) is 10.5 Å². The van der Waals surface area contributed by atoms with E-state index in [-0.39, 0.29) is 5.90 Å². The average molecular weight is 242 g/mol. The summed E-state index contributed by atoms with van der Waals surface area (Å²) in [7, 11) is 0. The van der Waals surface area contributed by atoms with Crippen LogP contribution in [0.4, 0.5) is 4.79 Å². The molecule has 0 unspecified atom stereocenters. The number of hydrogen-bond acceptors (Lipinski definition) is 4. The zero-order chi connectivity index (χ0) is 12.7. The van der Waals surface area contributed by atoms with Gasteiger partial charge in [0.05, 0.1) is 0 Å². The van der Waals surface area contributed by atoms with Crippen molar-refractivity contribution in [2.24, 2.45) is 0 Å². The first kappa shape index (κ1) is 14.0. The molecule has 0 amide bonds. The maximum Gasteiger partial charge on any atom is 0.512 e. The molecular formula is C12H22N2O3. The van der Waals surface area contributed by atoms with Crippen molar-refractivity contribution in [1.82, 2.24) is 5.32 Å². The molecule has 0 spiro atoms. The molecule has 5 nitrogen and oxygen atoms in total. The summed E-state index contributed by atoms with van der Waals surface area (Å²) in [5.41, 5.74) is 0.360. The molecule has 1 rings (SSSR count). The van der Waals surface area contributed by atoms with Gasteiger partial charge in [-0.2, -0.15) is 0 Å². The maximum absolute atomic E-state index is 10.1. The van der Waals surface area contributed by atoms with Gasteiger partial charge >= 0.3 is 6.16 Å². The van der Waals surface area contributed by atoms with Crippen molar-refractivity contribution in [2.75, 3.05) is 6.54 Å². The number of rotatable bonds is 7. The van der Waals surface area contributed by atoms with Gasteiger partial charge in [0.2, 0.25) is 0 Å². The van der Waals surface area contributed by atoms with E-state index in [0.29, 0.717) is 12.0 Å². The van der Waals surface area contributed by atoms with E-state index in [1.807, 2.05) is 0 Å². The normalized spacial score (nSPS) is 17.2. The minimum Gasteiger partial charge on any atom is -0.449 e. The lowest BCUT2D eigenvalue weighted by Crippen LogP contribution is -2.48. The Morgan fingerprint density at radius 2 is 2.12 bits per heavy atom. The number of hydrogen-bond donors (Lipinski definition) is 3. The predicted molar refractivity (Wildman–Crippen MR) is 65.6 cm³/mol. The number of ether oxygens (including phenoxy) is 1. The highest BCUT2D eigenvalue weighted by Gasteiger charge is 2.30. The Balaban J connectivity index is 1.90.